The van der Waals surface area contributed by atoms with E-state index < -0.39 is 17.7 Å². The molecule has 272 valence electrons. The second kappa shape index (κ2) is 15.9. The maximum absolute atomic E-state index is 14.2. The Morgan fingerprint density at radius 1 is 1.02 bits per heavy atom. The number of aliphatic hydroxyl groups is 3. The maximum Gasteiger partial charge on any atom is 0.318 e. The summed E-state index contributed by atoms with van der Waals surface area (Å²) >= 11 is 0. The molecule has 12 nitrogen and oxygen atoms in total. The molecule has 6 atom stereocenters. The Hall–Kier alpha value is -4.00. The number of allylic oxidation sites excluding steroid dienone is 1. The van der Waals surface area contributed by atoms with E-state index in [4.69, 9.17) is 19.0 Å². The summed E-state index contributed by atoms with van der Waals surface area (Å²) in [6, 6.07) is 9.38. The van der Waals surface area contributed by atoms with Gasteiger partial charge in [0.05, 0.1) is 11.6 Å². The molecule has 2 aliphatic carbocycles. The number of unbranched alkanes of at least 4 members (excludes halogenated alkanes) is 2. The van der Waals surface area contributed by atoms with Crippen LogP contribution < -0.4 is 19.5 Å². The summed E-state index contributed by atoms with van der Waals surface area (Å²) in [5.41, 5.74) is 3.14. The van der Waals surface area contributed by atoms with E-state index in [0.29, 0.717) is 55.4 Å². The van der Waals surface area contributed by atoms with E-state index in [1.165, 1.54) is 0 Å². The van der Waals surface area contributed by atoms with Gasteiger partial charge >= 0.3 is 6.03 Å². The molecular weight excluding hydrogens is 642 g/mol. The van der Waals surface area contributed by atoms with Crippen molar-refractivity contribution in [1.29, 1.82) is 0 Å². The van der Waals surface area contributed by atoms with Gasteiger partial charge in [-0.2, -0.15) is 0 Å². The number of aromatic hydroxyl groups is 1. The van der Waals surface area contributed by atoms with Gasteiger partial charge in [0.25, 0.3) is 0 Å². The first kappa shape index (κ1) is 35.8. The lowest BCUT2D eigenvalue weighted by Crippen LogP contribution is -2.69. The smallest absolute Gasteiger partial charge is 0.318 e. The minimum atomic E-state index is -1.83. The zero-order valence-electron chi connectivity index (χ0n) is 29.1. The van der Waals surface area contributed by atoms with Crippen molar-refractivity contribution < 1.29 is 44.3 Å². The van der Waals surface area contributed by atoms with E-state index in [0.717, 1.165) is 42.4 Å². The molecule has 0 bridgehead atoms. The molecule has 0 saturated heterocycles. The lowest BCUT2D eigenvalue weighted by molar-refractivity contribution is -0.228. The summed E-state index contributed by atoms with van der Waals surface area (Å²) in [6.07, 6.45) is 7.58. The number of hydrogen-bond acceptors (Lipinski definition) is 10. The van der Waals surface area contributed by atoms with Crippen LogP contribution >= 0.6 is 0 Å². The van der Waals surface area contributed by atoms with Gasteiger partial charge in [0.15, 0.2) is 11.5 Å². The standard InChI is InChI=1S/C38H51N3O9/c1-3-15-41(37(45)39-22-24-11-13-32-33(18-24)48-23-47-32)34-21-30(40-49-4-2)28-19-25(9-5-7-16-42)27(10-6-8-17-43)35-29-20-26(44)12-14-31(29)50-38(34,46)36(28)35/h11-14,18-20,25,27,34-36,42-44,46H,3-10,15-17,21-23H2,1-2H3,(H,39,45)/t25-,27+,34-,35+,36+,38+/m0/s1. The first-order chi connectivity index (χ1) is 24.3. The van der Waals surface area contributed by atoms with Crippen LogP contribution in [0.25, 0.3) is 0 Å². The summed E-state index contributed by atoms with van der Waals surface area (Å²) in [5, 5.41) is 50.8. The van der Waals surface area contributed by atoms with E-state index in [1.807, 2.05) is 32.0 Å². The molecule has 2 aliphatic heterocycles. The first-order valence-corrected chi connectivity index (χ1v) is 18.1. The molecule has 6 rings (SSSR count). The molecule has 2 heterocycles. The van der Waals surface area contributed by atoms with Gasteiger partial charge in [-0.05, 0) is 92.3 Å². The molecule has 50 heavy (non-hydrogen) atoms. The molecule has 12 heteroatoms. The molecule has 2 amide bonds. The summed E-state index contributed by atoms with van der Waals surface area (Å²) < 4.78 is 17.6. The highest BCUT2D eigenvalue weighted by Crippen LogP contribution is 2.60. The van der Waals surface area contributed by atoms with Crippen molar-refractivity contribution in [3.63, 3.8) is 0 Å². The zero-order chi connectivity index (χ0) is 35.3. The Labute approximate surface area is 293 Å². The van der Waals surface area contributed by atoms with E-state index in [9.17, 15) is 25.2 Å². The third kappa shape index (κ3) is 7.11. The third-order valence-electron chi connectivity index (χ3n) is 10.5. The van der Waals surface area contributed by atoms with Gasteiger partial charge in [-0.3, -0.25) is 0 Å². The number of benzene rings is 2. The number of amides is 2. The molecule has 1 fully saturated rings. The highest BCUT2D eigenvalue weighted by Gasteiger charge is 2.64. The highest BCUT2D eigenvalue weighted by atomic mass is 16.7. The van der Waals surface area contributed by atoms with E-state index >= 15 is 0 Å². The van der Waals surface area contributed by atoms with Crippen molar-refractivity contribution in [3.8, 4) is 23.0 Å². The normalized spacial score (nSPS) is 26.8. The molecule has 2 aromatic rings. The molecular formula is C38H51N3O9. The Morgan fingerprint density at radius 3 is 2.54 bits per heavy atom. The predicted octanol–water partition coefficient (Wildman–Crippen LogP) is 5.19. The average Bonchev–Trinajstić information content (AvgIpc) is 3.59. The van der Waals surface area contributed by atoms with Gasteiger partial charge < -0.3 is 49.7 Å². The number of rotatable bonds is 15. The number of urea groups is 1. The fourth-order valence-electron chi connectivity index (χ4n) is 8.39. The Morgan fingerprint density at radius 2 is 1.78 bits per heavy atom. The second-order valence-corrected chi connectivity index (χ2v) is 13.7. The Balaban J connectivity index is 1.42. The number of nitrogens with zero attached hydrogens (tertiary/aromatic N) is 2. The number of hydrogen-bond donors (Lipinski definition) is 5. The van der Waals surface area contributed by atoms with Crippen LogP contribution in [0.15, 0.2) is 53.2 Å². The van der Waals surface area contributed by atoms with Gasteiger partial charge in [0, 0.05) is 44.2 Å². The van der Waals surface area contributed by atoms with Crippen LogP contribution in [0.4, 0.5) is 4.79 Å². The van der Waals surface area contributed by atoms with Gasteiger partial charge in [-0.25, -0.2) is 4.79 Å². The Bertz CT molecular complexity index is 1560. The number of oxime groups is 1. The number of nitrogens with one attached hydrogen (secondary N) is 1. The lowest BCUT2D eigenvalue weighted by atomic mass is 9.55. The molecule has 5 N–H and O–H groups in total. The van der Waals surface area contributed by atoms with Crippen LogP contribution in [-0.4, -0.2) is 82.1 Å². The predicted molar refractivity (Wildman–Crippen MR) is 186 cm³/mol. The monoisotopic (exact) mass is 693 g/mol. The number of phenolic OH excluding ortho intramolecular Hbond substituents is 1. The van der Waals surface area contributed by atoms with Crippen molar-refractivity contribution in [2.24, 2.45) is 22.9 Å². The molecule has 1 saturated carbocycles. The quantitative estimate of drug-likeness (QED) is 0.125. The molecule has 2 aromatic carbocycles. The highest BCUT2D eigenvalue weighted by molar-refractivity contribution is 6.03. The topological polar surface area (TPSA) is 163 Å². The van der Waals surface area contributed by atoms with Crippen molar-refractivity contribution in [2.45, 2.75) is 89.5 Å². The largest absolute Gasteiger partial charge is 0.508 e. The van der Waals surface area contributed by atoms with E-state index in [2.05, 4.69) is 16.5 Å². The molecule has 0 unspecified atom stereocenters. The van der Waals surface area contributed by atoms with Crippen LogP contribution in [0.3, 0.4) is 0 Å². The molecule has 0 aromatic heterocycles. The van der Waals surface area contributed by atoms with Crippen LogP contribution in [0.5, 0.6) is 23.0 Å². The van der Waals surface area contributed by atoms with Crippen molar-refractivity contribution in [1.82, 2.24) is 10.2 Å². The number of carbonyl (C=O) groups excluding carboxylic acids is 1. The number of carbonyl (C=O) groups is 1. The SMILES string of the molecule is CCCN(C(=O)NCc1ccc2c(c1)OCO2)[C@H]1CC(=NOCC)C2=C[C@H](CCCCO)[C@@H](CCCCO)[C@@H]3c4cc(O)ccc4O[C@@]1(O)[C@H]23. The second-order valence-electron chi connectivity index (χ2n) is 13.7. The minimum Gasteiger partial charge on any atom is -0.508 e. The Kier molecular flexibility index (Phi) is 11.4. The van der Waals surface area contributed by atoms with Crippen LogP contribution in [0.1, 0.15) is 82.3 Å². The number of fused-ring (bicyclic) bond motifs is 3. The maximum atomic E-state index is 14.2. The summed E-state index contributed by atoms with van der Waals surface area (Å²) in [5.74, 6) is -0.767. The summed E-state index contributed by atoms with van der Waals surface area (Å²) in [6.45, 7) is 5.16. The van der Waals surface area contributed by atoms with Crippen molar-refractivity contribution in [3.05, 3.63) is 59.2 Å². The summed E-state index contributed by atoms with van der Waals surface area (Å²) in [7, 11) is 0. The van der Waals surface area contributed by atoms with E-state index in [1.54, 1.807) is 23.1 Å². The zero-order valence-corrected chi connectivity index (χ0v) is 29.1. The van der Waals surface area contributed by atoms with Gasteiger partial charge in [-0.1, -0.05) is 37.1 Å². The van der Waals surface area contributed by atoms with Gasteiger partial charge in [-0.15, -0.1) is 0 Å². The molecule has 0 spiro atoms. The number of ether oxygens (including phenoxy) is 3. The van der Waals surface area contributed by atoms with Crippen molar-refractivity contribution in [2.75, 3.05) is 33.2 Å². The number of aliphatic hydroxyl groups excluding tert-OH is 2. The average molecular weight is 694 g/mol. The van der Waals surface area contributed by atoms with Crippen LogP contribution in [0, 0.1) is 17.8 Å². The fraction of sp³-hybridized carbons (Fsp3) is 0.579. The third-order valence-corrected chi connectivity index (χ3v) is 10.5. The molecule has 4 aliphatic rings. The molecule has 0 radical (unpaired) electrons. The van der Waals surface area contributed by atoms with Gasteiger partial charge in [0.1, 0.15) is 24.1 Å². The lowest BCUT2D eigenvalue weighted by Gasteiger charge is -2.58. The first-order valence-electron chi connectivity index (χ1n) is 18.1. The number of phenols is 1. The van der Waals surface area contributed by atoms with E-state index in [-0.39, 0.29) is 62.5 Å². The summed E-state index contributed by atoms with van der Waals surface area (Å²) in [4.78, 5) is 21.5. The minimum absolute atomic E-state index is 0.0246. The van der Waals surface area contributed by atoms with Crippen molar-refractivity contribution >= 4 is 11.7 Å². The van der Waals surface area contributed by atoms with Crippen LogP contribution in [-0.2, 0) is 11.4 Å². The van der Waals surface area contributed by atoms with Gasteiger partial charge in [0.2, 0.25) is 12.6 Å². The van der Waals surface area contributed by atoms with Crippen LogP contribution in [0.2, 0.25) is 0 Å². The fourth-order valence-corrected chi connectivity index (χ4v) is 8.39.